The molecule has 0 spiro atoms. The van der Waals surface area contributed by atoms with E-state index in [1.807, 2.05) is 41.5 Å². The highest BCUT2D eigenvalue weighted by Gasteiger charge is 2.25. The third kappa shape index (κ3) is 3.43. The van der Waals surface area contributed by atoms with Gasteiger partial charge in [-0.25, -0.2) is 4.98 Å². The molecule has 1 aromatic heterocycles. The monoisotopic (exact) mass is 357 g/mol. The lowest BCUT2D eigenvalue weighted by Crippen LogP contribution is -2.52. The van der Waals surface area contributed by atoms with E-state index < -0.39 is 0 Å². The molecule has 1 atom stereocenters. The highest BCUT2D eigenvalue weighted by Crippen LogP contribution is 2.30. The third-order valence-corrected chi connectivity index (χ3v) is 4.79. The van der Waals surface area contributed by atoms with Crippen molar-refractivity contribution >= 4 is 41.3 Å². The first-order chi connectivity index (χ1) is 10.2. The van der Waals surface area contributed by atoms with Gasteiger partial charge < -0.3 is 10.2 Å². The number of benzene rings is 1. The van der Waals surface area contributed by atoms with Crippen molar-refractivity contribution in [2.24, 2.45) is 0 Å². The van der Waals surface area contributed by atoms with Crippen molar-refractivity contribution in [1.82, 2.24) is 15.2 Å². The van der Waals surface area contributed by atoms with Crippen LogP contribution in [0.2, 0.25) is 5.02 Å². The fourth-order valence-corrected chi connectivity index (χ4v) is 3.53. The topological polar surface area (TPSA) is 45.2 Å². The van der Waals surface area contributed by atoms with Crippen LogP contribution in [0.4, 0.5) is 0 Å². The van der Waals surface area contributed by atoms with Crippen molar-refractivity contribution in [2.45, 2.75) is 13.0 Å². The molecular weight excluding hydrogens is 341 g/mol. The lowest BCUT2D eigenvalue weighted by Gasteiger charge is -2.33. The molecule has 4 nitrogen and oxygen atoms in total. The number of halogens is 2. The number of aromatic nitrogens is 1. The Morgan fingerprint density at radius 1 is 1.45 bits per heavy atom. The Labute approximate surface area is 144 Å². The van der Waals surface area contributed by atoms with Crippen LogP contribution in [-0.4, -0.2) is 41.5 Å². The molecule has 2 aromatic rings. The smallest absolute Gasteiger partial charge is 0.273 e. The molecule has 0 saturated carbocycles. The van der Waals surface area contributed by atoms with Gasteiger partial charge in [-0.3, -0.25) is 4.79 Å². The van der Waals surface area contributed by atoms with Gasteiger partial charge in [0.05, 0.1) is 5.02 Å². The van der Waals surface area contributed by atoms with Gasteiger partial charge in [-0.15, -0.1) is 23.7 Å². The average Bonchev–Trinajstić information content (AvgIpc) is 2.97. The lowest BCUT2D eigenvalue weighted by atomic mass is 10.2. The second kappa shape index (κ2) is 7.42. The minimum absolute atomic E-state index is 0. The van der Waals surface area contributed by atoms with Crippen molar-refractivity contribution < 1.29 is 4.79 Å². The predicted octanol–water partition coefficient (Wildman–Crippen LogP) is 3.32. The second-order valence-electron chi connectivity index (χ2n) is 5.07. The van der Waals surface area contributed by atoms with Gasteiger partial charge in [-0.2, -0.15) is 0 Å². The van der Waals surface area contributed by atoms with E-state index in [0.29, 0.717) is 10.7 Å². The van der Waals surface area contributed by atoms with E-state index in [1.54, 1.807) is 0 Å². The molecule has 1 saturated heterocycles. The van der Waals surface area contributed by atoms with E-state index >= 15 is 0 Å². The number of rotatable bonds is 2. The highest BCUT2D eigenvalue weighted by atomic mass is 35.5. The third-order valence-electron chi connectivity index (χ3n) is 3.59. The number of piperazine rings is 1. The van der Waals surface area contributed by atoms with E-state index in [0.717, 1.165) is 30.2 Å². The molecule has 0 bridgehead atoms. The molecule has 3 rings (SSSR count). The number of carbonyl (C=O) groups is 1. The number of hydrogen-bond donors (Lipinski definition) is 1. The molecule has 1 fully saturated rings. The summed E-state index contributed by atoms with van der Waals surface area (Å²) >= 11 is 7.63. The number of hydrogen-bond acceptors (Lipinski definition) is 4. The Bertz CT molecular complexity index is 662. The first kappa shape index (κ1) is 17.2. The fraction of sp³-hybridized carbons (Fsp3) is 0.333. The Balaban J connectivity index is 0.00000176. The Morgan fingerprint density at radius 3 is 2.95 bits per heavy atom. The van der Waals surface area contributed by atoms with Gasteiger partial charge in [0.25, 0.3) is 5.91 Å². The van der Waals surface area contributed by atoms with Crippen LogP contribution in [0, 0.1) is 0 Å². The molecule has 1 aliphatic rings. The molecule has 1 aromatic carbocycles. The standard InChI is InChI=1S/C15H16ClN3OS.ClH/c1-10-8-17-6-7-19(10)15(20)13-9-21-14(18-13)11-4-2-3-5-12(11)16;/h2-5,9-10,17H,6-8H2,1H3;1H. The quantitative estimate of drug-likeness (QED) is 0.896. The van der Waals surface area contributed by atoms with E-state index in [4.69, 9.17) is 11.6 Å². The summed E-state index contributed by atoms with van der Waals surface area (Å²) in [5.74, 6) is -0.00134. The van der Waals surface area contributed by atoms with Crippen LogP contribution < -0.4 is 5.32 Å². The van der Waals surface area contributed by atoms with E-state index in [-0.39, 0.29) is 24.4 Å². The summed E-state index contributed by atoms with van der Waals surface area (Å²) in [7, 11) is 0. The first-order valence-corrected chi connectivity index (χ1v) is 8.14. The van der Waals surface area contributed by atoms with Crippen LogP contribution in [0.3, 0.4) is 0 Å². The van der Waals surface area contributed by atoms with Crippen LogP contribution in [0.1, 0.15) is 17.4 Å². The number of nitrogens with one attached hydrogen (secondary N) is 1. The molecular formula is C15H17Cl2N3OS. The normalized spacial score (nSPS) is 17.9. The number of carbonyl (C=O) groups excluding carboxylic acids is 1. The van der Waals surface area contributed by atoms with E-state index in [1.165, 1.54) is 11.3 Å². The first-order valence-electron chi connectivity index (χ1n) is 6.89. The highest BCUT2D eigenvalue weighted by molar-refractivity contribution is 7.13. The molecule has 1 aliphatic heterocycles. The van der Waals surface area contributed by atoms with Crippen molar-refractivity contribution in [3.63, 3.8) is 0 Å². The minimum Gasteiger partial charge on any atom is -0.332 e. The van der Waals surface area contributed by atoms with Crippen molar-refractivity contribution in [1.29, 1.82) is 0 Å². The van der Waals surface area contributed by atoms with E-state index in [9.17, 15) is 4.79 Å². The maximum absolute atomic E-state index is 12.5. The van der Waals surface area contributed by atoms with Gasteiger partial charge in [0, 0.05) is 36.6 Å². The summed E-state index contributed by atoms with van der Waals surface area (Å²) in [6, 6.07) is 7.74. The molecule has 1 N–H and O–H groups in total. The zero-order chi connectivity index (χ0) is 14.8. The van der Waals surface area contributed by atoms with E-state index in [2.05, 4.69) is 10.3 Å². The number of nitrogens with zero attached hydrogens (tertiary/aromatic N) is 2. The summed E-state index contributed by atoms with van der Waals surface area (Å²) in [4.78, 5) is 18.9. The summed E-state index contributed by atoms with van der Waals surface area (Å²) in [6.45, 7) is 4.43. The molecule has 118 valence electrons. The SMILES string of the molecule is CC1CNCCN1C(=O)c1csc(-c2ccccc2Cl)n1.Cl. The summed E-state index contributed by atoms with van der Waals surface area (Å²) in [5, 5.41) is 6.53. The zero-order valence-corrected chi connectivity index (χ0v) is 14.5. The van der Waals surface area contributed by atoms with Crippen LogP contribution in [0.15, 0.2) is 29.6 Å². The maximum atomic E-state index is 12.5. The molecule has 0 aliphatic carbocycles. The van der Waals surface area contributed by atoms with Crippen molar-refractivity contribution in [3.05, 3.63) is 40.4 Å². The second-order valence-corrected chi connectivity index (χ2v) is 6.33. The number of thiazole rings is 1. The van der Waals surface area contributed by atoms with Crippen LogP contribution >= 0.6 is 35.3 Å². The van der Waals surface area contributed by atoms with Crippen LogP contribution in [-0.2, 0) is 0 Å². The molecule has 22 heavy (non-hydrogen) atoms. The Kier molecular flexibility index (Phi) is 5.81. The van der Waals surface area contributed by atoms with Crippen LogP contribution in [0.5, 0.6) is 0 Å². The maximum Gasteiger partial charge on any atom is 0.273 e. The van der Waals surface area contributed by atoms with Crippen molar-refractivity contribution in [3.8, 4) is 10.6 Å². The van der Waals surface area contributed by atoms with Gasteiger partial charge in [0.1, 0.15) is 10.7 Å². The molecule has 0 radical (unpaired) electrons. The summed E-state index contributed by atoms with van der Waals surface area (Å²) < 4.78 is 0. The minimum atomic E-state index is -0.00134. The Morgan fingerprint density at radius 2 is 2.23 bits per heavy atom. The largest absolute Gasteiger partial charge is 0.332 e. The van der Waals surface area contributed by atoms with Gasteiger partial charge in [-0.05, 0) is 13.0 Å². The van der Waals surface area contributed by atoms with Gasteiger partial charge >= 0.3 is 0 Å². The molecule has 7 heteroatoms. The molecule has 1 unspecified atom stereocenters. The lowest BCUT2D eigenvalue weighted by molar-refractivity contribution is 0.0650. The average molecular weight is 358 g/mol. The summed E-state index contributed by atoms with van der Waals surface area (Å²) in [5.41, 5.74) is 1.38. The van der Waals surface area contributed by atoms with Crippen molar-refractivity contribution in [2.75, 3.05) is 19.6 Å². The van der Waals surface area contributed by atoms with Crippen LogP contribution in [0.25, 0.3) is 10.6 Å². The molecule has 2 heterocycles. The predicted molar refractivity (Wildman–Crippen MR) is 93.2 cm³/mol. The molecule has 1 amide bonds. The van der Waals surface area contributed by atoms with Gasteiger partial charge in [0.15, 0.2) is 0 Å². The number of amides is 1. The van der Waals surface area contributed by atoms with Gasteiger partial charge in [0.2, 0.25) is 0 Å². The Hall–Kier alpha value is -1.14. The zero-order valence-electron chi connectivity index (χ0n) is 12.1. The van der Waals surface area contributed by atoms with Gasteiger partial charge in [-0.1, -0.05) is 29.8 Å². The summed E-state index contributed by atoms with van der Waals surface area (Å²) in [6.07, 6.45) is 0. The fourth-order valence-electron chi connectivity index (χ4n) is 2.42.